The molecule has 0 amide bonds. The summed E-state index contributed by atoms with van der Waals surface area (Å²) in [6.07, 6.45) is 0.964. The van der Waals surface area contributed by atoms with Crippen LogP contribution < -0.4 is 16.0 Å². The van der Waals surface area contributed by atoms with Crippen LogP contribution in [0.3, 0.4) is 0 Å². The number of aromatic nitrogens is 2. The van der Waals surface area contributed by atoms with Gasteiger partial charge in [-0.1, -0.05) is 52.0 Å². The minimum absolute atomic E-state index is 0.0101. The van der Waals surface area contributed by atoms with E-state index in [9.17, 15) is 18.0 Å². The van der Waals surface area contributed by atoms with Crippen molar-refractivity contribution in [2.24, 2.45) is 11.8 Å². The molecular formula is C22H27N3O4S. The van der Waals surface area contributed by atoms with Gasteiger partial charge in [0.15, 0.2) is 0 Å². The van der Waals surface area contributed by atoms with Crippen LogP contribution in [0.1, 0.15) is 44.9 Å². The monoisotopic (exact) mass is 429 g/mol. The molecule has 3 aromatic rings. The van der Waals surface area contributed by atoms with E-state index in [1.807, 2.05) is 38.1 Å². The maximum absolute atomic E-state index is 13.1. The Morgan fingerprint density at radius 3 is 2.20 bits per heavy atom. The van der Waals surface area contributed by atoms with Crippen molar-refractivity contribution in [2.75, 3.05) is 0 Å². The summed E-state index contributed by atoms with van der Waals surface area (Å²) >= 11 is 0. The number of hydrogen-bond acceptors (Lipinski definition) is 4. The number of sulfonamides is 1. The first kappa shape index (κ1) is 22.0. The minimum Gasteiger partial charge on any atom is -0.307 e. The first-order valence-corrected chi connectivity index (χ1v) is 11.4. The van der Waals surface area contributed by atoms with Crippen molar-refractivity contribution in [2.45, 2.75) is 45.1 Å². The van der Waals surface area contributed by atoms with Gasteiger partial charge in [-0.05, 0) is 47.6 Å². The van der Waals surface area contributed by atoms with Gasteiger partial charge < -0.3 is 4.98 Å². The van der Waals surface area contributed by atoms with Crippen LogP contribution in [0.2, 0.25) is 0 Å². The summed E-state index contributed by atoms with van der Waals surface area (Å²) in [6.45, 7) is 8.21. The average molecular weight is 430 g/mol. The van der Waals surface area contributed by atoms with E-state index in [0.717, 1.165) is 12.0 Å². The molecule has 1 atom stereocenters. The lowest BCUT2D eigenvalue weighted by Crippen LogP contribution is -2.32. The molecule has 0 aliphatic rings. The maximum atomic E-state index is 13.1. The number of benzene rings is 2. The van der Waals surface area contributed by atoms with Gasteiger partial charge in [0.05, 0.1) is 15.8 Å². The van der Waals surface area contributed by atoms with E-state index in [0.29, 0.717) is 5.92 Å². The van der Waals surface area contributed by atoms with Crippen LogP contribution in [0.15, 0.2) is 56.9 Å². The fourth-order valence-corrected chi connectivity index (χ4v) is 4.87. The van der Waals surface area contributed by atoms with Gasteiger partial charge in [0.2, 0.25) is 10.0 Å². The summed E-state index contributed by atoms with van der Waals surface area (Å²) in [5.41, 5.74) is 1.10. The molecule has 8 heteroatoms. The van der Waals surface area contributed by atoms with Gasteiger partial charge >= 0.3 is 5.69 Å². The zero-order valence-corrected chi connectivity index (χ0v) is 18.3. The third-order valence-electron chi connectivity index (χ3n) is 4.95. The smallest absolute Gasteiger partial charge is 0.307 e. The highest BCUT2D eigenvalue weighted by molar-refractivity contribution is 7.89. The standard InChI is InChI=1S/C22H27N3O4S/c1-13(2)11-15-5-7-16(8-6-15)20(14(3)4)25-30(28,29)17-9-10-19-18(12-17)21(26)24-22(27)23-19/h5-10,12-14,20,25H,11H2,1-4H3,(H2,23,24,26,27)/t20-/m0/s1. The molecule has 0 fully saturated rings. The fourth-order valence-electron chi connectivity index (χ4n) is 3.47. The molecule has 3 rings (SSSR count). The van der Waals surface area contributed by atoms with E-state index in [2.05, 4.69) is 28.5 Å². The van der Waals surface area contributed by atoms with E-state index in [4.69, 9.17) is 0 Å². The highest BCUT2D eigenvalue weighted by Gasteiger charge is 2.24. The average Bonchev–Trinajstić information content (AvgIpc) is 2.66. The van der Waals surface area contributed by atoms with Gasteiger partial charge in [-0.3, -0.25) is 9.78 Å². The Morgan fingerprint density at radius 1 is 0.933 bits per heavy atom. The molecule has 160 valence electrons. The van der Waals surface area contributed by atoms with Crippen molar-refractivity contribution in [3.05, 3.63) is 74.4 Å². The van der Waals surface area contributed by atoms with Crippen LogP contribution in [0.25, 0.3) is 10.9 Å². The fraction of sp³-hybridized carbons (Fsp3) is 0.364. The molecule has 0 saturated heterocycles. The number of aromatic amines is 2. The molecule has 0 unspecified atom stereocenters. The normalized spacial score (nSPS) is 13.3. The number of nitrogens with one attached hydrogen (secondary N) is 3. The minimum atomic E-state index is -3.89. The van der Waals surface area contributed by atoms with Crippen molar-refractivity contribution in [1.82, 2.24) is 14.7 Å². The van der Waals surface area contributed by atoms with Gasteiger partial charge in [0.1, 0.15) is 0 Å². The Kier molecular flexibility index (Phi) is 6.28. The molecule has 0 aliphatic carbocycles. The molecule has 30 heavy (non-hydrogen) atoms. The Morgan fingerprint density at radius 2 is 1.60 bits per heavy atom. The lowest BCUT2D eigenvalue weighted by Gasteiger charge is -2.23. The quantitative estimate of drug-likeness (QED) is 0.536. The zero-order valence-electron chi connectivity index (χ0n) is 17.5. The van der Waals surface area contributed by atoms with Crippen molar-refractivity contribution in [1.29, 1.82) is 0 Å². The number of rotatable bonds is 7. The second-order valence-corrected chi connectivity index (χ2v) is 10.0. The second-order valence-electron chi connectivity index (χ2n) is 8.30. The van der Waals surface area contributed by atoms with Crippen molar-refractivity contribution in [3.63, 3.8) is 0 Å². The van der Waals surface area contributed by atoms with E-state index in [1.54, 1.807) is 0 Å². The summed E-state index contributed by atoms with van der Waals surface area (Å²) in [6, 6.07) is 11.6. The van der Waals surface area contributed by atoms with Crippen LogP contribution in [0.5, 0.6) is 0 Å². The van der Waals surface area contributed by atoms with E-state index >= 15 is 0 Å². The first-order valence-electron chi connectivity index (χ1n) is 9.94. The molecule has 1 aromatic heterocycles. The second kappa shape index (κ2) is 8.57. The zero-order chi connectivity index (χ0) is 22.1. The molecule has 1 heterocycles. The highest BCUT2D eigenvalue weighted by atomic mass is 32.2. The molecule has 3 N–H and O–H groups in total. The number of H-pyrrole nitrogens is 2. The predicted molar refractivity (Wildman–Crippen MR) is 118 cm³/mol. The molecule has 0 radical (unpaired) electrons. The summed E-state index contributed by atoms with van der Waals surface area (Å²) in [7, 11) is -3.89. The predicted octanol–water partition coefficient (Wildman–Crippen LogP) is 3.09. The van der Waals surface area contributed by atoms with Crippen LogP contribution in [-0.2, 0) is 16.4 Å². The molecule has 2 aromatic carbocycles. The van der Waals surface area contributed by atoms with Gasteiger partial charge in [0.25, 0.3) is 5.56 Å². The third-order valence-corrected chi connectivity index (χ3v) is 6.39. The molecule has 0 aliphatic heterocycles. The van der Waals surface area contributed by atoms with Crippen molar-refractivity contribution >= 4 is 20.9 Å². The van der Waals surface area contributed by atoms with Crippen molar-refractivity contribution < 1.29 is 8.42 Å². The van der Waals surface area contributed by atoms with Gasteiger partial charge in [-0.15, -0.1) is 0 Å². The lowest BCUT2D eigenvalue weighted by atomic mass is 9.94. The molecule has 0 bridgehead atoms. The SMILES string of the molecule is CC(C)Cc1ccc([C@@H](NS(=O)(=O)c2ccc3[nH]c(=O)[nH]c(=O)c3c2)C(C)C)cc1. The summed E-state index contributed by atoms with van der Waals surface area (Å²) in [5.74, 6) is 0.553. The summed E-state index contributed by atoms with van der Waals surface area (Å²) < 4.78 is 28.9. The van der Waals surface area contributed by atoms with E-state index < -0.39 is 27.3 Å². The summed E-state index contributed by atoms with van der Waals surface area (Å²) in [4.78, 5) is 28.0. The lowest BCUT2D eigenvalue weighted by molar-refractivity contribution is 0.463. The first-order chi connectivity index (χ1) is 14.1. The van der Waals surface area contributed by atoms with Crippen LogP contribution in [0.4, 0.5) is 0 Å². The van der Waals surface area contributed by atoms with Gasteiger partial charge in [0, 0.05) is 6.04 Å². The van der Waals surface area contributed by atoms with Crippen molar-refractivity contribution in [3.8, 4) is 0 Å². The topological polar surface area (TPSA) is 112 Å². The largest absolute Gasteiger partial charge is 0.326 e. The number of fused-ring (bicyclic) bond motifs is 1. The maximum Gasteiger partial charge on any atom is 0.326 e. The van der Waals surface area contributed by atoms with Crippen LogP contribution in [0, 0.1) is 11.8 Å². The highest BCUT2D eigenvalue weighted by Crippen LogP contribution is 2.26. The molecule has 0 spiro atoms. The molecule has 7 nitrogen and oxygen atoms in total. The van der Waals surface area contributed by atoms with Gasteiger partial charge in [-0.2, -0.15) is 0 Å². The van der Waals surface area contributed by atoms with E-state index in [-0.39, 0.29) is 21.7 Å². The van der Waals surface area contributed by atoms with Crippen LogP contribution in [-0.4, -0.2) is 18.4 Å². The Labute approximate surface area is 175 Å². The van der Waals surface area contributed by atoms with Gasteiger partial charge in [-0.25, -0.2) is 17.9 Å². The molecular weight excluding hydrogens is 402 g/mol. The summed E-state index contributed by atoms with van der Waals surface area (Å²) in [5, 5.41) is 0.108. The van der Waals surface area contributed by atoms with Crippen LogP contribution >= 0.6 is 0 Å². The van der Waals surface area contributed by atoms with E-state index in [1.165, 1.54) is 23.8 Å². The Balaban J connectivity index is 1.94. The third kappa shape index (κ3) is 4.88. The number of hydrogen-bond donors (Lipinski definition) is 3. The molecule has 0 saturated carbocycles. The Hall–Kier alpha value is -2.71. The Bertz CT molecular complexity index is 1260.